The lowest BCUT2D eigenvalue weighted by atomic mass is 9.97. The third-order valence-electron chi connectivity index (χ3n) is 3.89. The Labute approximate surface area is 132 Å². The fourth-order valence-corrected chi connectivity index (χ4v) is 2.82. The molecule has 114 valence electrons. The molecule has 21 heavy (non-hydrogen) atoms. The van der Waals surface area contributed by atoms with E-state index < -0.39 is 5.97 Å². The number of benzene rings is 1. The van der Waals surface area contributed by atoms with Crippen molar-refractivity contribution in [3.05, 3.63) is 28.2 Å². The van der Waals surface area contributed by atoms with Crippen LogP contribution >= 0.6 is 15.9 Å². The molecule has 6 heteroatoms. The van der Waals surface area contributed by atoms with Crippen molar-refractivity contribution in [1.82, 2.24) is 4.90 Å². The molecule has 0 atom stereocenters. The number of halogens is 1. The van der Waals surface area contributed by atoms with E-state index in [9.17, 15) is 9.59 Å². The van der Waals surface area contributed by atoms with Gasteiger partial charge < -0.3 is 15.3 Å². The van der Waals surface area contributed by atoms with Crippen LogP contribution in [0.3, 0.4) is 0 Å². The topological polar surface area (TPSA) is 69.6 Å². The first-order valence-corrected chi connectivity index (χ1v) is 7.78. The smallest absolute Gasteiger partial charge is 0.306 e. The summed E-state index contributed by atoms with van der Waals surface area (Å²) in [5.74, 6) is -1.06. The number of carbonyl (C=O) groups excluding carboxylic acids is 1. The van der Waals surface area contributed by atoms with Gasteiger partial charge >= 0.3 is 5.97 Å². The zero-order valence-corrected chi connectivity index (χ0v) is 13.5. The van der Waals surface area contributed by atoms with Crippen molar-refractivity contribution < 1.29 is 14.7 Å². The highest BCUT2D eigenvalue weighted by atomic mass is 79.9. The van der Waals surface area contributed by atoms with Crippen LogP contribution < -0.4 is 5.32 Å². The summed E-state index contributed by atoms with van der Waals surface area (Å²) in [6.07, 6.45) is 1.08. The van der Waals surface area contributed by atoms with Crippen LogP contribution in [-0.2, 0) is 9.59 Å². The number of hydrogen-bond donors (Lipinski definition) is 2. The average Bonchev–Trinajstić information content (AvgIpc) is 2.48. The van der Waals surface area contributed by atoms with E-state index >= 15 is 0 Å². The van der Waals surface area contributed by atoms with Crippen molar-refractivity contribution in [2.24, 2.45) is 5.92 Å². The number of carbonyl (C=O) groups is 2. The number of nitrogens with zero attached hydrogens (tertiary/aromatic N) is 1. The molecular weight excluding hydrogens is 336 g/mol. The van der Waals surface area contributed by atoms with Gasteiger partial charge in [0.05, 0.1) is 12.5 Å². The number of carboxylic acid groups (broad SMARTS) is 1. The van der Waals surface area contributed by atoms with Gasteiger partial charge in [0.25, 0.3) is 0 Å². The molecule has 2 N–H and O–H groups in total. The van der Waals surface area contributed by atoms with Gasteiger partial charge in [-0.1, -0.05) is 22.0 Å². The lowest BCUT2D eigenvalue weighted by Gasteiger charge is -2.30. The molecule has 1 fully saturated rings. The van der Waals surface area contributed by atoms with E-state index in [1.807, 2.05) is 25.1 Å². The molecular formula is C15H19BrN2O3. The Bertz CT molecular complexity index is 540. The Morgan fingerprint density at radius 3 is 2.67 bits per heavy atom. The van der Waals surface area contributed by atoms with Crippen LogP contribution in [0.25, 0.3) is 0 Å². The zero-order chi connectivity index (χ0) is 15.4. The van der Waals surface area contributed by atoms with Gasteiger partial charge in [0.1, 0.15) is 0 Å². The lowest BCUT2D eigenvalue weighted by Crippen LogP contribution is -2.42. The van der Waals surface area contributed by atoms with E-state index in [0.717, 1.165) is 15.7 Å². The van der Waals surface area contributed by atoms with E-state index in [-0.39, 0.29) is 18.4 Å². The fourth-order valence-electron chi connectivity index (χ4n) is 2.46. The van der Waals surface area contributed by atoms with Gasteiger partial charge in [-0.3, -0.25) is 9.59 Å². The van der Waals surface area contributed by atoms with Crippen LogP contribution in [-0.4, -0.2) is 41.5 Å². The minimum Gasteiger partial charge on any atom is -0.481 e. The van der Waals surface area contributed by atoms with Crippen molar-refractivity contribution in [3.8, 4) is 0 Å². The summed E-state index contributed by atoms with van der Waals surface area (Å²) < 4.78 is 1.00. The van der Waals surface area contributed by atoms with E-state index in [1.165, 1.54) is 0 Å². The number of nitrogens with one attached hydrogen (secondary N) is 1. The van der Waals surface area contributed by atoms with Crippen molar-refractivity contribution in [2.75, 3.05) is 25.0 Å². The van der Waals surface area contributed by atoms with Gasteiger partial charge in [0.15, 0.2) is 0 Å². The number of piperidine rings is 1. The Morgan fingerprint density at radius 1 is 1.38 bits per heavy atom. The van der Waals surface area contributed by atoms with Crippen LogP contribution in [0.2, 0.25) is 0 Å². The molecule has 1 aromatic carbocycles. The number of carboxylic acids is 1. The zero-order valence-electron chi connectivity index (χ0n) is 11.9. The van der Waals surface area contributed by atoms with Crippen LogP contribution in [0.5, 0.6) is 0 Å². The lowest BCUT2D eigenvalue weighted by molar-refractivity contribution is -0.145. The molecule has 5 nitrogen and oxygen atoms in total. The van der Waals surface area contributed by atoms with Gasteiger partial charge in [-0.15, -0.1) is 0 Å². The first-order chi connectivity index (χ1) is 9.99. The Morgan fingerprint density at radius 2 is 2.05 bits per heavy atom. The molecule has 0 radical (unpaired) electrons. The quantitative estimate of drug-likeness (QED) is 0.871. The predicted octanol–water partition coefficient (Wildman–Crippen LogP) is 2.49. The summed E-state index contributed by atoms with van der Waals surface area (Å²) in [6, 6.07) is 5.81. The largest absolute Gasteiger partial charge is 0.481 e. The molecule has 0 aliphatic carbocycles. The molecule has 1 aliphatic heterocycles. The van der Waals surface area contributed by atoms with Crippen molar-refractivity contribution >= 4 is 33.5 Å². The molecule has 1 heterocycles. The minimum absolute atomic E-state index is 0.0122. The Kier molecular flexibility index (Phi) is 5.22. The molecule has 0 bridgehead atoms. The van der Waals surface area contributed by atoms with Crippen molar-refractivity contribution in [3.63, 3.8) is 0 Å². The van der Waals surface area contributed by atoms with Gasteiger partial charge in [-0.05, 0) is 37.5 Å². The van der Waals surface area contributed by atoms with Gasteiger partial charge in [-0.25, -0.2) is 0 Å². The second-order valence-corrected chi connectivity index (χ2v) is 6.11. The van der Waals surface area contributed by atoms with Crippen LogP contribution in [0, 0.1) is 12.8 Å². The summed E-state index contributed by atoms with van der Waals surface area (Å²) in [5.41, 5.74) is 1.99. The van der Waals surface area contributed by atoms with E-state index in [2.05, 4.69) is 21.2 Å². The Balaban J connectivity index is 1.85. The number of hydrogen-bond acceptors (Lipinski definition) is 3. The summed E-state index contributed by atoms with van der Waals surface area (Å²) in [4.78, 5) is 24.8. The summed E-state index contributed by atoms with van der Waals surface area (Å²) >= 11 is 3.46. The van der Waals surface area contributed by atoms with Gasteiger partial charge in [0, 0.05) is 23.2 Å². The number of likely N-dealkylation sites (tertiary alicyclic amines) is 1. The maximum absolute atomic E-state index is 12.1. The fraction of sp³-hybridized carbons (Fsp3) is 0.467. The maximum Gasteiger partial charge on any atom is 0.306 e. The van der Waals surface area contributed by atoms with E-state index in [1.54, 1.807) is 4.90 Å². The highest BCUT2D eigenvalue weighted by Crippen LogP contribution is 2.23. The second kappa shape index (κ2) is 6.93. The van der Waals surface area contributed by atoms with Crippen LogP contribution in [0.4, 0.5) is 5.69 Å². The first kappa shape index (κ1) is 15.8. The molecule has 1 aromatic rings. The minimum atomic E-state index is -0.759. The molecule has 0 saturated carbocycles. The van der Waals surface area contributed by atoms with E-state index in [0.29, 0.717) is 25.9 Å². The molecule has 0 spiro atoms. The predicted molar refractivity (Wildman–Crippen MR) is 84.3 cm³/mol. The summed E-state index contributed by atoms with van der Waals surface area (Å²) in [6.45, 7) is 3.26. The summed E-state index contributed by atoms with van der Waals surface area (Å²) in [5, 5.41) is 12.1. The number of amides is 1. The first-order valence-electron chi connectivity index (χ1n) is 6.98. The van der Waals surface area contributed by atoms with Crippen LogP contribution in [0.15, 0.2) is 22.7 Å². The third-order valence-corrected chi connectivity index (χ3v) is 4.75. The van der Waals surface area contributed by atoms with Gasteiger partial charge in [0.2, 0.25) is 5.91 Å². The molecule has 0 unspecified atom stereocenters. The SMILES string of the molecule is Cc1c(Br)cccc1NCC(=O)N1CCC(C(=O)O)CC1. The number of anilines is 1. The van der Waals surface area contributed by atoms with Crippen molar-refractivity contribution in [2.45, 2.75) is 19.8 Å². The number of aliphatic carboxylic acids is 1. The van der Waals surface area contributed by atoms with Crippen LogP contribution in [0.1, 0.15) is 18.4 Å². The molecule has 1 amide bonds. The standard InChI is InChI=1S/C15H19BrN2O3/c1-10-12(16)3-2-4-13(10)17-9-14(19)18-7-5-11(6-8-18)15(20)21/h2-4,11,17H,5-9H2,1H3,(H,20,21). The van der Waals surface area contributed by atoms with E-state index in [4.69, 9.17) is 5.11 Å². The highest BCUT2D eigenvalue weighted by molar-refractivity contribution is 9.10. The number of rotatable bonds is 4. The van der Waals surface area contributed by atoms with Crippen molar-refractivity contribution in [1.29, 1.82) is 0 Å². The second-order valence-electron chi connectivity index (χ2n) is 5.26. The molecule has 0 aromatic heterocycles. The molecule has 2 rings (SSSR count). The monoisotopic (exact) mass is 354 g/mol. The normalized spacial score (nSPS) is 15.8. The molecule has 1 saturated heterocycles. The average molecular weight is 355 g/mol. The maximum atomic E-state index is 12.1. The molecule has 1 aliphatic rings. The third kappa shape index (κ3) is 3.97. The van der Waals surface area contributed by atoms with Gasteiger partial charge in [-0.2, -0.15) is 0 Å². The Hall–Kier alpha value is -1.56. The summed E-state index contributed by atoms with van der Waals surface area (Å²) in [7, 11) is 0. The highest BCUT2D eigenvalue weighted by Gasteiger charge is 2.26.